The minimum atomic E-state index is 0.808. The van der Waals surface area contributed by atoms with Crippen molar-refractivity contribution in [1.82, 2.24) is 15.3 Å². The Morgan fingerprint density at radius 2 is 1.72 bits per heavy atom. The molecule has 0 saturated carbocycles. The third-order valence-corrected chi connectivity index (χ3v) is 3.35. The highest BCUT2D eigenvalue weighted by Crippen LogP contribution is 2.27. The maximum absolute atomic E-state index is 4.64. The first-order valence-corrected chi connectivity index (χ1v) is 6.31. The van der Waals surface area contributed by atoms with Crippen LogP contribution in [0.4, 0.5) is 0 Å². The largest absolute Gasteiger partial charge is 0.345 e. The van der Waals surface area contributed by atoms with Gasteiger partial charge in [-0.25, -0.2) is 4.98 Å². The molecule has 0 atom stereocenters. The van der Waals surface area contributed by atoms with Crippen LogP contribution in [0.3, 0.4) is 0 Å². The summed E-state index contributed by atoms with van der Waals surface area (Å²) in [6.07, 6.45) is 0. The average Bonchev–Trinajstić information content (AvgIpc) is 2.65. The van der Waals surface area contributed by atoms with Gasteiger partial charge in [0, 0.05) is 12.1 Å². The Balaban J connectivity index is 2.57. The van der Waals surface area contributed by atoms with Crippen LogP contribution in [0.25, 0.3) is 11.3 Å². The first kappa shape index (κ1) is 12.8. The molecule has 0 saturated heterocycles. The standard InChI is InChI=1S/C15H21N3/c1-9-6-11(3)13(7-10(9)2)15-14(8-16-5)17-12(4)18-15/h6-7,16H,8H2,1-5H3,(H,17,18). The maximum Gasteiger partial charge on any atom is 0.103 e. The molecular formula is C15H21N3. The SMILES string of the molecule is CNCc1[nH]c(C)nc1-c1cc(C)c(C)cc1C. The number of aromatic nitrogens is 2. The molecule has 0 fully saturated rings. The molecule has 0 spiro atoms. The second-order valence-electron chi connectivity index (χ2n) is 4.93. The van der Waals surface area contributed by atoms with Gasteiger partial charge in [-0.3, -0.25) is 0 Å². The predicted octanol–water partition coefficient (Wildman–Crippen LogP) is 3.03. The predicted molar refractivity (Wildman–Crippen MR) is 75.7 cm³/mol. The highest BCUT2D eigenvalue weighted by molar-refractivity contribution is 5.67. The van der Waals surface area contributed by atoms with E-state index in [0.29, 0.717) is 0 Å². The van der Waals surface area contributed by atoms with Gasteiger partial charge in [0.2, 0.25) is 0 Å². The molecule has 1 aromatic carbocycles. The van der Waals surface area contributed by atoms with Crippen LogP contribution in [0.2, 0.25) is 0 Å². The number of H-pyrrole nitrogens is 1. The van der Waals surface area contributed by atoms with E-state index in [1.807, 2.05) is 14.0 Å². The Kier molecular flexibility index (Phi) is 3.53. The summed E-state index contributed by atoms with van der Waals surface area (Å²) in [5.41, 5.74) is 7.38. The smallest absolute Gasteiger partial charge is 0.103 e. The molecule has 0 bridgehead atoms. The van der Waals surface area contributed by atoms with Gasteiger partial charge in [-0.15, -0.1) is 0 Å². The zero-order valence-corrected chi connectivity index (χ0v) is 11.8. The van der Waals surface area contributed by atoms with Crippen LogP contribution >= 0.6 is 0 Å². The molecule has 18 heavy (non-hydrogen) atoms. The van der Waals surface area contributed by atoms with Crippen LogP contribution in [0.15, 0.2) is 12.1 Å². The van der Waals surface area contributed by atoms with E-state index in [9.17, 15) is 0 Å². The molecule has 0 amide bonds. The van der Waals surface area contributed by atoms with E-state index in [0.717, 1.165) is 23.8 Å². The second kappa shape index (κ2) is 4.94. The van der Waals surface area contributed by atoms with Crippen molar-refractivity contribution in [3.8, 4) is 11.3 Å². The Hall–Kier alpha value is -1.61. The molecule has 3 nitrogen and oxygen atoms in total. The molecular weight excluding hydrogens is 222 g/mol. The fraction of sp³-hybridized carbons (Fsp3) is 0.400. The lowest BCUT2D eigenvalue weighted by molar-refractivity contribution is 0.796. The van der Waals surface area contributed by atoms with Gasteiger partial charge in [0.25, 0.3) is 0 Å². The maximum atomic E-state index is 4.64. The number of hydrogen-bond donors (Lipinski definition) is 2. The van der Waals surface area contributed by atoms with Gasteiger partial charge in [-0.05, 0) is 57.5 Å². The lowest BCUT2D eigenvalue weighted by Crippen LogP contribution is -2.07. The van der Waals surface area contributed by atoms with Crippen LogP contribution < -0.4 is 5.32 Å². The van der Waals surface area contributed by atoms with Gasteiger partial charge in [0.1, 0.15) is 5.82 Å². The summed E-state index contributed by atoms with van der Waals surface area (Å²) in [5.74, 6) is 0.966. The summed E-state index contributed by atoms with van der Waals surface area (Å²) in [5, 5.41) is 3.18. The van der Waals surface area contributed by atoms with Gasteiger partial charge in [-0.2, -0.15) is 0 Å². The molecule has 1 aromatic heterocycles. The van der Waals surface area contributed by atoms with Crippen LogP contribution in [0.1, 0.15) is 28.2 Å². The highest BCUT2D eigenvalue weighted by atomic mass is 15.0. The second-order valence-corrected chi connectivity index (χ2v) is 4.93. The van der Waals surface area contributed by atoms with Crippen LogP contribution in [0, 0.1) is 27.7 Å². The Labute approximate surface area is 109 Å². The highest BCUT2D eigenvalue weighted by Gasteiger charge is 2.13. The molecule has 0 aliphatic carbocycles. The van der Waals surface area contributed by atoms with Crippen molar-refractivity contribution in [3.05, 3.63) is 40.3 Å². The van der Waals surface area contributed by atoms with Crippen molar-refractivity contribution < 1.29 is 0 Å². The summed E-state index contributed by atoms with van der Waals surface area (Å²) < 4.78 is 0. The zero-order valence-electron chi connectivity index (χ0n) is 11.8. The lowest BCUT2D eigenvalue weighted by atomic mass is 9.98. The Morgan fingerprint density at radius 3 is 2.39 bits per heavy atom. The minimum Gasteiger partial charge on any atom is -0.345 e. The number of rotatable bonds is 3. The molecule has 0 aliphatic rings. The molecule has 2 N–H and O–H groups in total. The van der Waals surface area contributed by atoms with Gasteiger partial charge >= 0.3 is 0 Å². The number of nitrogens with zero attached hydrogens (tertiary/aromatic N) is 1. The lowest BCUT2D eigenvalue weighted by Gasteiger charge is -2.09. The number of aryl methyl sites for hydroxylation is 4. The van der Waals surface area contributed by atoms with Crippen LogP contribution in [-0.2, 0) is 6.54 Å². The zero-order chi connectivity index (χ0) is 13.3. The summed E-state index contributed by atoms with van der Waals surface area (Å²) in [6, 6.07) is 4.47. The number of aromatic amines is 1. The quantitative estimate of drug-likeness (QED) is 0.870. The molecule has 1 heterocycles. The van der Waals surface area contributed by atoms with Gasteiger partial charge in [0.05, 0.1) is 11.4 Å². The van der Waals surface area contributed by atoms with E-state index in [4.69, 9.17) is 0 Å². The van der Waals surface area contributed by atoms with Crippen LogP contribution in [-0.4, -0.2) is 17.0 Å². The summed E-state index contributed by atoms with van der Waals surface area (Å²) in [6.45, 7) is 9.25. The van der Waals surface area contributed by atoms with Crippen molar-refractivity contribution in [2.24, 2.45) is 0 Å². The van der Waals surface area contributed by atoms with Gasteiger partial charge < -0.3 is 10.3 Å². The Morgan fingerprint density at radius 1 is 1.06 bits per heavy atom. The van der Waals surface area contributed by atoms with Crippen molar-refractivity contribution in [1.29, 1.82) is 0 Å². The van der Waals surface area contributed by atoms with E-state index in [1.54, 1.807) is 0 Å². The van der Waals surface area contributed by atoms with E-state index in [-0.39, 0.29) is 0 Å². The van der Waals surface area contributed by atoms with Crippen molar-refractivity contribution in [3.63, 3.8) is 0 Å². The molecule has 0 aliphatic heterocycles. The molecule has 96 valence electrons. The van der Waals surface area contributed by atoms with E-state index in [1.165, 1.54) is 22.3 Å². The summed E-state index contributed by atoms with van der Waals surface area (Å²) >= 11 is 0. The fourth-order valence-corrected chi connectivity index (χ4v) is 2.28. The average molecular weight is 243 g/mol. The molecule has 0 unspecified atom stereocenters. The first-order valence-electron chi connectivity index (χ1n) is 6.31. The minimum absolute atomic E-state index is 0.808. The third-order valence-electron chi connectivity index (χ3n) is 3.35. The van der Waals surface area contributed by atoms with Crippen molar-refractivity contribution in [2.75, 3.05) is 7.05 Å². The summed E-state index contributed by atoms with van der Waals surface area (Å²) in [4.78, 5) is 7.97. The normalized spacial score (nSPS) is 10.9. The monoisotopic (exact) mass is 243 g/mol. The fourth-order valence-electron chi connectivity index (χ4n) is 2.28. The number of benzene rings is 1. The van der Waals surface area contributed by atoms with E-state index in [2.05, 4.69) is 48.2 Å². The van der Waals surface area contributed by atoms with Crippen LogP contribution in [0.5, 0.6) is 0 Å². The Bertz CT molecular complexity index is 567. The number of nitrogens with one attached hydrogen (secondary N) is 2. The topological polar surface area (TPSA) is 40.7 Å². The van der Waals surface area contributed by atoms with Gasteiger partial charge in [0.15, 0.2) is 0 Å². The molecule has 2 rings (SSSR count). The molecule has 0 radical (unpaired) electrons. The van der Waals surface area contributed by atoms with E-state index < -0.39 is 0 Å². The van der Waals surface area contributed by atoms with E-state index >= 15 is 0 Å². The van der Waals surface area contributed by atoms with Gasteiger partial charge in [-0.1, -0.05) is 6.07 Å². The van der Waals surface area contributed by atoms with Crippen molar-refractivity contribution in [2.45, 2.75) is 34.2 Å². The number of imidazole rings is 1. The third kappa shape index (κ3) is 2.31. The molecule has 2 aromatic rings. The summed E-state index contributed by atoms with van der Waals surface area (Å²) in [7, 11) is 1.95. The van der Waals surface area contributed by atoms with Crippen molar-refractivity contribution >= 4 is 0 Å². The number of hydrogen-bond acceptors (Lipinski definition) is 2. The molecule has 3 heteroatoms. The first-order chi connectivity index (χ1) is 8.52.